The van der Waals surface area contributed by atoms with Crippen LogP contribution in [0.4, 0.5) is 0 Å². The van der Waals surface area contributed by atoms with Gasteiger partial charge in [-0.15, -0.1) is 0 Å². The van der Waals surface area contributed by atoms with Gasteiger partial charge in [0.05, 0.1) is 17.1 Å². The van der Waals surface area contributed by atoms with E-state index in [9.17, 15) is 14.7 Å². The van der Waals surface area contributed by atoms with Crippen molar-refractivity contribution in [2.24, 2.45) is 5.41 Å². The molecule has 0 atom stereocenters. The van der Waals surface area contributed by atoms with E-state index in [0.717, 1.165) is 0 Å². The molecule has 2 N–H and O–H groups in total. The van der Waals surface area contributed by atoms with E-state index in [-0.39, 0.29) is 18.6 Å². The summed E-state index contributed by atoms with van der Waals surface area (Å²) in [6.45, 7) is 7.51. The molecule has 0 heterocycles. The number of benzene rings is 1. The zero-order chi connectivity index (χ0) is 16.8. The summed E-state index contributed by atoms with van der Waals surface area (Å²) in [6, 6.07) is 6.96. The molecule has 0 aliphatic heterocycles. The molecule has 0 fully saturated rings. The predicted octanol–water partition coefficient (Wildman–Crippen LogP) is 3.09. The van der Waals surface area contributed by atoms with Crippen LogP contribution in [0.2, 0.25) is 0 Å². The second-order valence-electron chi connectivity index (χ2n) is 5.64. The van der Waals surface area contributed by atoms with E-state index in [1.165, 1.54) is 0 Å². The molecule has 0 bridgehead atoms. The minimum atomic E-state index is -0.927. The van der Waals surface area contributed by atoms with Crippen LogP contribution in [-0.2, 0) is 4.79 Å². The van der Waals surface area contributed by atoms with Crippen molar-refractivity contribution in [3.8, 4) is 5.75 Å². The highest BCUT2D eigenvalue weighted by Crippen LogP contribution is 2.26. The highest BCUT2D eigenvalue weighted by atomic mass is 16.5. The molecule has 0 aliphatic rings. The maximum absolute atomic E-state index is 12.4. The highest BCUT2D eigenvalue weighted by Gasteiger charge is 2.35. The molecule has 0 spiro atoms. The van der Waals surface area contributed by atoms with E-state index in [1.807, 2.05) is 27.7 Å². The van der Waals surface area contributed by atoms with Crippen LogP contribution < -0.4 is 10.1 Å². The summed E-state index contributed by atoms with van der Waals surface area (Å²) in [5.74, 6) is -0.697. The van der Waals surface area contributed by atoms with Crippen molar-refractivity contribution in [2.45, 2.75) is 46.6 Å². The SMILES string of the molecule is CCC(CC)(CNC(=O)c1ccccc1OC(C)C)C(=O)O. The van der Waals surface area contributed by atoms with Gasteiger partial charge in [0.2, 0.25) is 0 Å². The first-order valence-electron chi connectivity index (χ1n) is 7.63. The van der Waals surface area contributed by atoms with E-state index >= 15 is 0 Å². The number of para-hydroxylation sites is 1. The monoisotopic (exact) mass is 307 g/mol. The third-order valence-corrected chi connectivity index (χ3v) is 3.89. The van der Waals surface area contributed by atoms with Crippen molar-refractivity contribution in [1.82, 2.24) is 5.32 Å². The lowest BCUT2D eigenvalue weighted by molar-refractivity contribution is -0.149. The van der Waals surface area contributed by atoms with Gasteiger partial charge in [-0.2, -0.15) is 0 Å². The Labute approximate surface area is 131 Å². The third kappa shape index (κ3) is 4.23. The Morgan fingerprint density at radius 2 is 1.82 bits per heavy atom. The number of carbonyl (C=O) groups excluding carboxylic acids is 1. The molecule has 0 radical (unpaired) electrons. The van der Waals surface area contributed by atoms with Gasteiger partial charge in [-0.1, -0.05) is 26.0 Å². The van der Waals surface area contributed by atoms with Gasteiger partial charge in [-0.25, -0.2) is 0 Å². The number of hydrogen-bond acceptors (Lipinski definition) is 3. The highest BCUT2D eigenvalue weighted by molar-refractivity contribution is 5.97. The summed E-state index contributed by atoms with van der Waals surface area (Å²) < 4.78 is 5.62. The Hall–Kier alpha value is -2.04. The summed E-state index contributed by atoms with van der Waals surface area (Å²) in [5, 5.41) is 12.1. The van der Waals surface area contributed by atoms with E-state index < -0.39 is 11.4 Å². The van der Waals surface area contributed by atoms with Crippen molar-refractivity contribution in [1.29, 1.82) is 0 Å². The zero-order valence-electron chi connectivity index (χ0n) is 13.7. The van der Waals surface area contributed by atoms with Gasteiger partial charge in [0, 0.05) is 6.54 Å². The van der Waals surface area contributed by atoms with Crippen molar-refractivity contribution in [3.05, 3.63) is 29.8 Å². The van der Waals surface area contributed by atoms with Gasteiger partial charge in [0.25, 0.3) is 5.91 Å². The maximum atomic E-state index is 12.4. The van der Waals surface area contributed by atoms with E-state index in [4.69, 9.17) is 4.74 Å². The van der Waals surface area contributed by atoms with Crippen molar-refractivity contribution < 1.29 is 19.4 Å². The van der Waals surface area contributed by atoms with Gasteiger partial charge < -0.3 is 15.2 Å². The van der Waals surface area contributed by atoms with E-state index in [2.05, 4.69) is 5.32 Å². The van der Waals surface area contributed by atoms with Gasteiger partial charge in [-0.3, -0.25) is 9.59 Å². The molecule has 1 rings (SSSR count). The Balaban J connectivity index is 2.88. The number of carboxylic acids is 1. The second kappa shape index (κ2) is 7.82. The molecule has 1 aromatic carbocycles. The minimum Gasteiger partial charge on any atom is -0.490 e. The molecule has 5 heteroatoms. The van der Waals surface area contributed by atoms with Gasteiger partial charge in [0.15, 0.2) is 0 Å². The van der Waals surface area contributed by atoms with Gasteiger partial charge >= 0.3 is 5.97 Å². The van der Waals surface area contributed by atoms with Crippen molar-refractivity contribution in [3.63, 3.8) is 0 Å². The fourth-order valence-electron chi connectivity index (χ4n) is 2.23. The molecule has 0 saturated heterocycles. The molecule has 0 saturated carbocycles. The first-order valence-corrected chi connectivity index (χ1v) is 7.63. The summed E-state index contributed by atoms with van der Waals surface area (Å²) in [7, 11) is 0. The molecular formula is C17H25NO4. The van der Waals surface area contributed by atoms with Gasteiger partial charge in [0.1, 0.15) is 5.75 Å². The number of nitrogens with one attached hydrogen (secondary N) is 1. The molecular weight excluding hydrogens is 282 g/mol. The molecule has 0 unspecified atom stereocenters. The number of aliphatic carboxylic acids is 1. The second-order valence-corrected chi connectivity index (χ2v) is 5.64. The minimum absolute atomic E-state index is 0.0432. The van der Waals surface area contributed by atoms with E-state index in [0.29, 0.717) is 24.2 Å². The molecule has 122 valence electrons. The molecule has 1 aromatic rings. The molecule has 0 aromatic heterocycles. The lowest BCUT2D eigenvalue weighted by atomic mass is 9.82. The Morgan fingerprint density at radius 1 is 1.23 bits per heavy atom. The first-order chi connectivity index (χ1) is 10.4. The number of carboxylic acid groups (broad SMARTS) is 1. The van der Waals surface area contributed by atoms with Gasteiger partial charge in [-0.05, 0) is 38.8 Å². The molecule has 5 nitrogen and oxygen atoms in total. The third-order valence-electron chi connectivity index (χ3n) is 3.89. The zero-order valence-corrected chi connectivity index (χ0v) is 13.7. The maximum Gasteiger partial charge on any atom is 0.311 e. The fraction of sp³-hybridized carbons (Fsp3) is 0.529. The van der Waals surface area contributed by atoms with Crippen molar-refractivity contribution in [2.75, 3.05) is 6.54 Å². The molecule has 0 aliphatic carbocycles. The lowest BCUT2D eigenvalue weighted by Crippen LogP contribution is -2.42. The summed E-state index contributed by atoms with van der Waals surface area (Å²) in [5.41, 5.74) is -0.508. The summed E-state index contributed by atoms with van der Waals surface area (Å²) in [6.07, 6.45) is 0.880. The van der Waals surface area contributed by atoms with Crippen LogP contribution >= 0.6 is 0 Å². The molecule has 1 amide bonds. The Kier molecular flexibility index (Phi) is 6.40. The van der Waals surface area contributed by atoms with Crippen molar-refractivity contribution >= 4 is 11.9 Å². The number of rotatable bonds is 8. The van der Waals surface area contributed by atoms with Crippen LogP contribution in [0.1, 0.15) is 50.9 Å². The lowest BCUT2D eigenvalue weighted by Gasteiger charge is -2.27. The number of carbonyl (C=O) groups is 2. The normalized spacial score (nSPS) is 11.3. The van der Waals surface area contributed by atoms with Crippen LogP contribution in [0.25, 0.3) is 0 Å². The average molecular weight is 307 g/mol. The number of hydrogen-bond donors (Lipinski definition) is 2. The average Bonchev–Trinajstić information content (AvgIpc) is 2.48. The number of ether oxygens (including phenoxy) is 1. The smallest absolute Gasteiger partial charge is 0.311 e. The largest absolute Gasteiger partial charge is 0.490 e. The summed E-state index contributed by atoms with van der Waals surface area (Å²) >= 11 is 0. The summed E-state index contributed by atoms with van der Waals surface area (Å²) in [4.78, 5) is 23.8. The Bertz CT molecular complexity index is 521. The first kappa shape index (κ1) is 18.0. The fourth-order valence-corrected chi connectivity index (χ4v) is 2.23. The van der Waals surface area contributed by atoms with Crippen LogP contribution in [0.5, 0.6) is 5.75 Å². The predicted molar refractivity (Wildman–Crippen MR) is 85.2 cm³/mol. The van der Waals surface area contributed by atoms with Crippen LogP contribution in [0.15, 0.2) is 24.3 Å². The number of amides is 1. The topological polar surface area (TPSA) is 75.6 Å². The Morgan fingerprint density at radius 3 is 2.32 bits per heavy atom. The molecule has 22 heavy (non-hydrogen) atoms. The van der Waals surface area contributed by atoms with Crippen LogP contribution in [-0.4, -0.2) is 29.6 Å². The van der Waals surface area contributed by atoms with E-state index in [1.54, 1.807) is 24.3 Å². The quantitative estimate of drug-likeness (QED) is 0.774. The van der Waals surface area contributed by atoms with Crippen LogP contribution in [0, 0.1) is 5.41 Å². The standard InChI is InChI=1S/C17H25NO4/c1-5-17(6-2,16(20)21)11-18-15(19)13-9-7-8-10-14(13)22-12(3)4/h7-10,12H,5-6,11H2,1-4H3,(H,18,19)(H,20,21). The van der Waals surface area contributed by atoms with Crippen LogP contribution in [0.3, 0.4) is 0 Å².